The van der Waals surface area contributed by atoms with Crippen LogP contribution in [0.25, 0.3) is 0 Å². The Hall–Kier alpha value is -2.78. The van der Waals surface area contributed by atoms with Crippen LogP contribution in [0.1, 0.15) is 37.3 Å². The first-order chi connectivity index (χ1) is 9.36. The van der Waals surface area contributed by atoms with Gasteiger partial charge >= 0.3 is 0 Å². The van der Waals surface area contributed by atoms with Crippen molar-refractivity contribution in [3.63, 3.8) is 0 Å². The summed E-state index contributed by atoms with van der Waals surface area (Å²) in [7, 11) is 0. The zero-order chi connectivity index (χ0) is 13.8. The predicted molar refractivity (Wildman–Crippen MR) is 103 cm³/mol. The molecule has 1 aromatic carbocycles. The maximum atomic E-state index is 8.62. The zero-order valence-electron chi connectivity index (χ0n) is 10.6. The topological polar surface area (TPSA) is 29.5 Å². The van der Waals surface area contributed by atoms with E-state index in [1.807, 2.05) is 12.1 Å². The number of ether oxygens (including phenoxy) is 1. The lowest BCUT2D eigenvalue weighted by atomic mass is 10.2. The molecule has 2 heteroatoms. The molecule has 122 valence electrons. The summed E-state index contributed by atoms with van der Waals surface area (Å²) in [5, 5.41) is 8.62. The van der Waals surface area contributed by atoms with Crippen LogP contribution in [0.4, 0.5) is 0 Å². The molecule has 0 aliphatic rings. The third-order valence-corrected chi connectivity index (χ3v) is 1.86. The van der Waals surface area contributed by atoms with E-state index in [0.717, 1.165) is 5.56 Å². The largest absolute Gasteiger partial charge is 0.491 e. The molecule has 1 aromatic rings. The Balaban J connectivity index is -0.0000000573. The number of hydrogen-bond acceptors (Lipinski definition) is 2. The maximum absolute atomic E-state index is 8.62. The van der Waals surface area contributed by atoms with Gasteiger partial charge in [0.05, 0.1) is 6.61 Å². The van der Waals surface area contributed by atoms with Crippen LogP contribution in [0, 0.1) is 47.4 Å². The van der Waals surface area contributed by atoms with E-state index in [-0.39, 0.29) is 38.1 Å². The fraction of sp³-hybridized carbons (Fsp3) is 0.263. The van der Waals surface area contributed by atoms with Crippen molar-refractivity contribution in [2.45, 2.75) is 21.8 Å². The molecule has 1 rings (SSSR count). The van der Waals surface area contributed by atoms with E-state index in [4.69, 9.17) is 9.84 Å². The SMILES string of the molecule is C.C.CC#CC#CC#CC#Cc1ccc(OCCO)cc1.[HH].[HH].[HH].[HH].[HH].[HH].[HH]. The molecule has 2 nitrogen and oxygen atoms in total. The van der Waals surface area contributed by atoms with Crippen LogP contribution in [0.5, 0.6) is 5.75 Å². The fourth-order valence-corrected chi connectivity index (χ4v) is 1.09. The van der Waals surface area contributed by atoms with Gasteiger partial charge in [-0.2, -0.15) is 0 Å². The third-order valence-electron chi connectivity index (χ3n) is 1.86. The minimum absolute atomic E-state index is 0. The molecule has 0 atom stereocenters. The molecule has 0 fully saturated rings. The van der Waals surface area contributed by atoms with Gasteiger partial charge in [-0.05, 0) is 66.7 Å². The van der Waals surface area contributed by atoms with Crippen molar-refractivity contribution in [3.8, 4) is 53.1 Å². The first-order valence-electron chi connectivity index (χ1n) is 5.63. The number of hydrogen-bond donors (Lipinski definition) is 1. The molecule has 0 unspecified atom stereocenters. The van der Waals surface area contributed by atoms with Crippen LogP contribution in [0.15, 0.2) is 24.3 Å². The maximum Gasteiger partial charge on any atom is 0.119 e. The second-order valence-corrected chi connectivity index (χ2v) is 3.22. The lowest BCUT2D eigenvalue weighted by molar-refractivity contribution is 0.201. The number of rotatable bonds is 3. The van der Waals surface area contributed by atoms with E-state index in [2.05, 4.69) is 47.4 Å². The number of benzene rings is 1. The average Bonchev–Trinajstić information content (AvgIpc) is 2.45. The molecule has 0 heterocycles. The third kappa shape index (κ3) is 9.76. The van der Waals surface area contributed by atoms with Gasteiger partial charge in [0.15, 0.2) is 0 Å². The summed E-state index contributed by atoms with van der Waals surface area (Å²) in [4.78, 5) is 0. The first-order valence-corrected chi connectivity index (χ1v) is 5.63. The van der Waals surface area contributed by atoms with E-state index < -0.39 is 0 Å². The van der Waals surface area contributed by atoms with Crippen molar-refractivity contribution in [3.05, 3.63) is 29.8 Å². The highest BCUT2D eigenvalue weighted by molar-refractivity contribution is 5.45. The normalized spacial score (nSPS) is 6.57. The van der Waals surface area contributed by atoms with Gasteiger partial charge in [-0.15, -0.1) is 0 Å². The van der Waals surface area contributed by atoms with Crippen LogP contribution in [-0.2, 0) is 0 Å². The van der Waals surface area contributed by atoms with Gasteiger partial charge in [-0.1, -0.05) is 26.7 Å². The average molecular weight is 294 g/mol. The van der Waals surface area contributed by atoms with Gasteiger partial charge in [-0.25, -0.2) is 0 Å². The van der Waals surface area contributed by atoms with Crippen LogP contribution in [-0.4, -0.2) is 18.3 Å². The number of aliphatic hydroxyl groups is 1. The molecule has 0 radical (unpaired) electrons. The zero-order valence-corrected chi connectivity index (χ0v) is 10.6. The smallest absolute Gasteiger partial charge is 0.119 e. The highest BCUT2D eigenvalue weighted by atomic mass is 16.5. The molecule has 0 aromatic heterocycles. The second kappa shape index (κ2) is 13.6. The summed E-state index contributed by atoms with van der Waals surface area (Å²) in [6.07, 6.45) is 0. The Morgan fingerprint density at radius 1 is 0.952 bits per heavy atom. The molecule has 0 bridgehead atoms. The van der Waals surface area contributed by atoms with E-state index >= 15 is 0 Å². The van der Waals surface area contributed by atoms with Gasteiger partial charge in [0.25, 0.3) is 0 Å². The summed E-state index contributed by atoms with van der Waals surface area (Å²) < 4.78 is 5.23. The van der Waals surface area contributed by atoms with Crippen molar-refractivity contribution in [1.82, 2.24) is 0 Å². The highest BCUT2D eigenvalue weighted by Crippen LogP contribution is 2.10. The monoisotopic (exact) mass is 294 g/mol. The van der Waals surface area contributed by atoms with E-state index in [1.54, 1.807) is 19.1 Å². The Bertz CT molecular complexity index is 662. The van der Waals surface area contributed by atoms with Crippen molar-refractivity contribution >= 4 is 0 Å². The molecule has 21 heavy (non-hydrogen) atoms. The lowest BCUT2D eigenvalue weighted by Gasteiger charge is -2.02. The minimum Gasteiger partial charge on any atom is -0.491 e. The molecule has 0 saturated carbocycles. The molecule has 0 aliphatic heterocycles. The van der Waals surface area contributed by atoms with Crippen LogP contribution < -0.4 is 4.74 Å². The van der Waals surface area contributed by atoms with Gasteiger partial charge < -0.3 is 9.84 Å². The van der Waals surface area contributed by atoms with Gasteiger partial charge in [0.1, 0.15) is 12.4 Å². The Morgan fingerprint density at radius 3 is 2.10 bits per heavy atom. The number of aliphatic hydroxyl groups excluding tert-OH is 1. The van der Waals surface area contributed by atoms with Crippen molar-refractivity contribution in [2.24, 2.45) is 0 Å². The summed E-state index contributed by atoms with van der Waals surface area (Å²) in [5.41, 5.74) is 0.840. The molecular formula is C19H34O2. The van der Waals surface area contributed by atoms with Crippen LogP contribution >= 0.6 is 0 Å². The summed E-state index contributed by atoms with van der Waals surface area (Å²) >= 11 is 0. The van der Waals surface area contributed by atoms with Gasteiger partial charge in [0.2, 0.25) is 0 Å². The molecule has 0 spiro atoms. The fourth-order valence-electron chi connectivity index (χ4n) is 1.09. The summed E-state index contributed by atoms with van der Waals surface area (Å²) in [6.45, 7) is 2.01. The van der Waals surface area contributed by atoms with Crippen molar-refractivity contribution in [2.75, 3.05) is 13.2 Å². The predicted octanol–water partition coefficient (Wildman–Crippen LogP) is 4.43. The van der Waals surface area contributed by atoms with Gasteiger partial charge in [-0.3, -0.25) is 0 Å². The second-order valence-electron chi connectivity index (χ2n) is 3.22. The Kier molecular flexibility index (Phi) is 13.3. The van der Waals surface area contributed by atoms with E-state index in [1.165, 1.54) is 0 Å². The Morgan fingerprint density at radius 2 is 1.52 bits per heavy atom. The van der Waals surface area contributed by atoms with E-state index in [9.17, 15) is 0 Å². The molecule has 1 N–H and O–H groups in total. The quantitative estimate of drug-likeness (QED) is 0.835. The van der Waals surface area contributed by atoms with Gasteiger partial charge in [0, 0.05) is 15.5 Å². The molecule has 0 aliphatic carbocycles. The van der Waals surface area contributed by atoms with E-state index in [0.29, 0.717) is 5.75 Å². The minimum atomic E-state index is 0. The first kappa shape index (κ1) is 20.5. The standard InChI is InChI=1S/C17H12O2.2CH4.7H2/c1-2-3-4-5-6-7-8-9-16-10-12-17(13-11-16)19-15-14-18;;;;;;;;;/h10-13,18H,14-15H2,1H3;2*1H4;7*1H. The highest BCUT2D eigenvalue weighted by Gasteiger charge is 1.92. The Labute approximate surface area is 138 Å². The van der Waals surface area contributed by atoms with Crippen LogP contribution in [0.3, 0.4) is 0 Å². The van der Waals surface area contributed by atoms with Crippen molar-refractivity contribution in [1.29, 1.82) is 0 Å². The van der Waals surface area contributed by atoms with Crippen molar-refractivity contribution < 1.29 is 19.8 Å². The molecule has 0 amide bonds. The molecule has 0 saturated heterocycles. The summed E-state index contributed by atoms with van der Waals surface area (Å²) in [6, 6.07) is 7.25. The van der Waals surface area contributed by atoms with Crippen LogP contribution in [0.2, 0.25) is 0 Å². The lowest BCUT2D eigenvalue weighted by Crippen LogP contribution is -2.01. The molecular weight excluding hydrogens is 260 g/mol. The summed E-state index contributed by atoms with van der Waals surface area (Å²) in [5.74, 6) is 21.9.